The molecule has 0 aliphatic carbocycles. The zero-order valence-corrected chi connectivity index (χ0v) is 14.9. The molecule has 0 aliphatic heterocycles. The molecule has 0 fully saturated rings. The molecule has 4 nitrogen and oxygen atoms in total. The second kappa shape index (κ2) is 8.02. The highest BCUT2D eigenvalue weighted by Gasteiger charge is 2.12. The number of ether oxygens (including phenoxy) is 1. The van der Waals surface area contributed by atoms with Crippen LogP contribution in [-0.2, 0) is 22.3 Å². The summed E-state index contributed by atoms with van der Waals surface area (Å²) in [5.74, 6) is 0.559. The summed E-state index contributed by atoms with van der Waals surface area (Å²) in [4.78, 5) is 0. The van der Waals surface area contributed by atoms with Crippen molar-refractivity contribution in [3.05, 3.63) is 63.6 Å². The number of halogens is 2. The Morgan fingerprint density at radius 2 is 1.83 bits per heavy atom. The summed E-state index contributed by atoms with van der Waals surface area (Å²) in [5.41, 5.74) is 1.41. The van der Waals surface area contributed by atoms with E-state index in [0.717, 1.165) is 5.56 Å². The average Bonchev–Trinajstić information content (AvgIpc) is 2.50. The monoisotopic (exact) mass is 373 g/mol. The topological polar surface area (TPSA) is 55.4 Å². The lowest BCUT2D eigenvalue weighted by Crippen LogP contribution is -2.24. The molecule has 0 unspecified atom stereocenters. The minimum Gasteiger partial charge on any atom is -0.494 e. The molecular weight excluding hydrogens is 357 g/mol. The molecule has 0 amide bonds. The van der Waals surface area contributed by atoms with Gasteiger partial charge in [0.15, 0.2) is 0 Å². The molecule has 0 saturated heterocycles. The van der Waals surface area contributed by atoms with Crippen LogP contribution < -0.4 is 9.46 Å². The summed E-state index contributed by atoms with van der Waals surface area (Å²) in [6, 6.07) is 12.1. The molecule has 0 heterocycles. The van der Waals surface area contributed by atoms with E-state index in [1.807, 2.05) is 31.2 Å². The van der Waals surface area contributed by atoms with E-state index in [-0.39, 0.29) is 12.3 Å². The molecule has 0 bridgehead atoms. The fraction of sp³-hybridized carbons (Fsp3) is 0.250. The molecular formula is C16H17Cl2NO3S. The molecule has 0 spiro atoms. The smallest absolute Gasteiger partial charge is 0.216 e. The Balaban J connectivity index is 2.01. The highest BCUT2D eigenvalue weighted by Crippen LogP contribution is 2.23. The van der Waals surface area contributed by atoms with E-state index < -0.39 is 10.0 Å². The maximum Gasteiger partial charge on any atom is 0.216 e. The van der Waals surface area contributed by atoms with Crippen LogP contribution in [0.25, 0.3) is 0 Å². The van der Waals surface area contributed by atoms with Crippen LogP contribution in [0.2, 0.25) is 10.0 Å². The number of benzene rings is 2. The number of sulfonamides is 1. The lowest BCUT2D eigenvalue weighted by Gasteiger charge is -2.09. The largest absolute Gasteiger partial charge is 0.494 e. The van der Waals surface area contributed by atoms with Crippen molar-refractivity contribution in [3.63, 3.8) is 0 Å². The first kappa shape index (κ1) is 18.1. The first-order chi connectivity index (χ1) is 10.9. The van der Waals surface area contributed by atoms with Crippen LogP contribution in [-0.4, -0.2) is 15.0 Å². The third kappa shape index (κ3) is 5.70. The first-order valence-corrected chi connectivity index (χ1v) is 9.43. The van der Waals surface area contributed by atoms with E-state index in [2.05, 4.69) is 4.72 Å². The summed E-state index contributed by atoms with van der Waals surface area (Å²) >= 11 is 11.7. The van der Waals surface area contributed by atoms with E-state index in [4.69, 9.17) is 27.9 Å². The second-order valence-corrected chi connectivity index (χ2v) is 7.53. The van der Waals surface area contributed by atoms with Gasteiger partial charge in [-0.15, -0.1) is 0 Å². The van der Waals surface area contributed by atoms with E-state index in [1.165, 1.54) is 0 Å². The predicted octanol–water partition coefficient (Wildman–Crippen LogP) is 4.01. The van der Waals surface area contributed by atoms with Gasteiger partial charge in [-0.25, -0.2) is 13.1 Å². The summed E-state index contributed by atoms with van der Waals surface area (Å²) in [5, 5.41) is 0.734. The molecule has 124 valence electrons. The summed E-state index contributed by atoms with van der Waals surface area (Å²) < 4.78 is 32.3. The fourth-order valence-electron chi connectivity index (χ4n) is 2.01. The highest BCUT2D eigenvalue weighted by atomic mass is 35.5. The minimum atomic E-state index is -3.48. The van der Waals surface area contributed by atoms with Crippen LogP contribution in [0.15, 0.2) is 42.5 Å². The second-order valence-electron chi connectivity index (χ2n) is 4.91. The highest BCUT2D eigenvalue weighted by molar-refractivity contribution is 7.88. The van der Waals surface area contributed by atoms with E-state index >= 15 is 0 Å². The van der Waals surface area contributed by atoms with Crippen LogP contribution in [0.4, 0.5) is 0 Å². The van der Waals surface area contributed by atoms with Crippen LogP contribution in [0, 0.1) is 0 Å². The Bertz CT molecular complexity index is 779. The van der Waals surface area contributed by atoms with Crippen molar-refractivity contribution in [3.8, 4) is 5.75 Å². The lowest BCUT2D eigenvalue weighted by molar-refractivity contribution is 0.340. The molecule has 2 aromatic carbocycles. The molecule has 7 heteroatoms. The molecule has 23 heavy (non-hydrogen) atoms. The van der Waals surface area contributed by atoms with Crippen molar-refractivity contribution in [2.45, 2.75) is 19.2 Å². The van der Waals surface area contributed by atoms with Gasteiger partial charge < -0.3 is 4.74 Å². The molecule has 0 radical (unpaired) electrons. The fourth-order valence-corrected chi connectivity index (χ4v) is 3.43. The zero-order valence-electron chi connectivity index (χ0n) is 12.6. The van der Waals surface area contributed by atoms with Crippen molar-refractivity contribution in [2.75, 3.05) is 6.61 Å². The number of hydrogen-bond acceptors (Lipinski definition) is 3. The van der Waals surface area contributed by atoms with Gasteiger partial charge in [-0.2, -0.15) is 0 Å². The zero-order chi connectivity index (χ0) is 16.9. The Hall–Kier alpha value is -1.27. The van der Waals surface area contributed by atoms with E-state index in [0.29, 0.717) is 28.0 Å². The molecule has 0 saturated carbocycles. The molecule has 2 rings (SSSR count). The van der Waals surface area contributed by atoms with Crippen LogP contribution in [0.5, 0.6) is 5.75 Å². The minimum absolute atomic E-state index is 0.158. The molecule has 0 aliphatic rings. The van der Waals surface area contributed by atoms with Crippen molar-refractivity contribution < 1.29 is 13.2 Å². The Kier molecular flexibility index (Phi) is 6.30. The van der Waals surface area contributed by atoms with Gasteiger partial charge in [-0.3, -0.25) is 0 Å². The first-order valence-electron chi connectivity index (χ1n) is 7.02. The van der Waals surface area contributed by atoms with Crippen molar-refractivity contribution in [1.82, 2.24) is 4.72 Å². The van der Waals surface area contributed by atoms with Crippen LogP contribution in [0.3, 0.4) is 0 Å². The normalized spacial score (nSPS) is 11.4. The van der Waals surface area contributed by atoms with Gasteiger partial charge in [0.25, 0.3) is 0 Å². The average molecular weight is 374 g/mol. The Morgan fingerprint density at radius 3 is 2.52 bits per heavy atom. The lowest BCUT2D eigenvalue weighted by atomic mass is 10.2. The standard InChI is InChI=1S/C16H17Cl2NO3S/c1-2-22-14-5-3-4-12(8-14)10-19-23(20,21)11-13-6-7-15(17)16(18)9-13/h3-9,19H,2,10-11H2,1H3. The summed E-state index contributed by atoms with van der Waals surface area (Å²) in [6.45, 7) is 2.66. The van der Waals surface area contributed by atoms with Gasteiger partial charge in [0.2, 0.25) is 10.0 Å². The SMILES string of the molecule is CCOc1cccc(CNS(=O)(=O)Cc2ccc(Cl)c(Cl)c2)c1. The molecule has 2 aromatic rings. The third-order valence-electron chi connectivity index (χ3n) is 3.05. The molecule has 0 aromatic heterocycles. The van der Waals surface area contributed by atoms with Crippen molar-refractivity contribution in [1.29, 1.82) is 0 Å². The van der Waals surface area contributed by atoms with Crippen LogP contribution in [0.1, 0.15) is 18.1 Å². The predicted molar refractivity (Wildman–Crippen MR) is 93.5 cm³/mol. The molecule has 0 atom stereocenters. The van der Waals surface area contributed by atoms with Gasteiger partial charge in [-0.1, -0.05) is 41.4 Å². The Labute approximate surface area is 146 Å². The quantitative estimate of drug-likeness (QED) is 0.797. The number of hydrogen-bond donors (Lipinski definition) is 1. The summed E-state index contributed by atoms with van der Waals surface area (Å²) in [7, 11) is -3.48. The molecule has 1 N–H and O–H groups in total. The van der Waals surface area contributed by atoms with Gasteiger partial charge in [0, 0.05) is 6.54 Å². The maximum atomic E-state index is 12.2. The van der Waals surface area contributed by atoms with Gasteiger partial charge in [0.1, 0.15) is 5.75 Å². The van der Waals surface area contributed by atoms with Crippen molar-refractivity contribution >= 4 is 33.2 Å². The number of rotatable bonds is 7. The number of nitrogens with one attached hydrogen (secondary N) is 1. The van der Waals surface area contributed by atoms with E-state index in [1.54, 1.807) is 18.2 Å². The van der Waals surface area contributed by atoms with Gasteiger partial charge in [-0.05, 0) is 42.3 Å². The maximum absolute atomic E-state index is 12.2. The van der Waals surface area contributed by atoms with E-state index in [9.17, 15) is 8.42 Å². The Morgan fingerprint density at radius 1 is 1.04 bits per heavy atom. The third-order valence-corrected chi connectivity index (χ3v) is 5.08. The van der Waals surface area contributed by atoms with Crippen LogP contribution >= 0.6 is 23.2 Å². The van der Waals surface area contributed by atoms with Crippen molar-refractivity contribution in [2.24, 2.45) is 0 Å². The van der Waals surface area contributed by atoms with Gasteiger partial charge in [0.05, 0.1) is 22.4 Å². The van der Waals surface area contributed by atoms with Gasteiger partial charge >= 0.3 is 0 Å². The summed E-state index contributed by atoms with van der Waals surface area (Å²) in [6.07, 6.45) is 0.